The Morgan fingerprint density at radius 2 is 2.15 bits per heavy atom. The van der Waals surface area contributed by atoms with Crippen LogP contribution in [-0.2, 0) is 13.5 Å². The zero-order valence-electron chi connectivity index (χ0n) is 11.3. The van der Waals surface area contributed by atoms with E-state index in [4.69, 9.17) is 5.73 Å². The van der Waals surface area contributed by atoms with Crippen molar-refractivity contribution >= 4 is 11.6 Å². The minimum Gasteiger partial charge on any atom is -0.396 e. The molecule has 4 N–H and O–H groups in total. The average molecular weight is 274 g/mol. The molecular weight excluding hydrogens is 256 g/mol. The van der Waals surface area contributed by atoms with E-state index in [1.807, 2.05) is 30.3 Å². The van der Waals surface area contributed by atoms with Gasteiger partial charge < -0.3 is 16.2 Å². The van der Waals surface area contributed by atoms with E-state index < -0.39 is 0 Å². The number of nitrogens with one attached hydrogen (secondary N) is 1. The summed E-state index contributed by atoms with van der Waals surface area (Å²) in [7, 11) is 1.65. The molecule has 2 aromatic rings. The molecule has 106 valence electrons. The molecule has 1 aromatic heterocycles. The van der Waals surface area contributed by atoms with Crippen LogP contribution >= 0.6 is 0 Å². The lowest BCUT2D eigenvalue weighted by molar-refractivity contribution is 0.0908. The topological polar surface area (TPSA) is 93.2 Å². The Labute approximate surface area is 117 Å². The van der Waals surface area contributed by atoms with Crippen LogP contribution < -0.4 is 11.1 Å². The normalized spacial score (nSPS) is 12.1. The molecule has 6 nitrogen and oxygen atoms in total. The molecule has 0 aliphatic carbocycles. The number of hydrogen-bond acceptors (Lipinski definition) is 4. The maximum Gasteiger partial charge on any atom is 0.271 e. The number of amides is 1. The molecule has 0 saturated heterocycles. The van der Waals surface area contributed by atoms with Gasteiger partial charge in [-0.05, 0) is 12.0 Å². The zero-order chi connectivity index (χ0) is 14.5. The first kappa shape index (κ1) is 14.1. The van der Waals surface area contributed by atoms with Gasteiger partial charge >= 0.3 is 0 Å². The number of nitrogen functional groups attached to an aromatic ring is 1. The van der Waals surface area contributed by atoms with Gasteiger partial charge in [-0.25, -0.2) is 0 Å². The molecule has 0 radical (unpaired) electrons. The number of hydrogen-bond donors (Lipinski definition) is 3. The number of aromatic nitrogens is 2. The predicted molar refractivity (Wildman–Crippen MR) is 76.1 cm³/mol. The Morgan fingerprint density at radius 1 is 1.45 bits per heavy atom. The Morgan fingerprint density at radius 3 is 2.70 bits per heavy atom. The van der Waals surface area contributed by atoms with Crippen molar-refractivity contribution in [3.63, 3.8) is 0 Å². The molecule has 2 rings (SSSR count). The maximum absolute atomic E-state index is 12.1. The quantitative estimate of drug-likeness (QED) is 0.732. The Hall–Kier alpha value is -2.34. The van der Waals surface area contributed by atoms with Gasteiger partial charge in [-0.3, -0.25) is 9.48 Å². The summed E-state index contributed by atoms with van der Waals surface area (Å²) in [5.74, 6) is -0.336. The minimum absolute atomic E-state index is 0.140. The van der Waals surface area contributed by atoms with E-state index in [2.05, 4.69) is 10.4 Å². The molecule has 1 atom stereocenters. The van der Waals surface area contributed by atoms with Crippen molar-refractivity contribution in [1.29, 1.82) is 0 Å². The number of aliphatic hydroxyl groups excluding tert-OH is 1. The Kier molecular flexibility index (Phi) is 4.37. The highest BCUT2D eigenvalue weighted by atomic mass is 16.3. The van der Waals surface area contributed by atoms with Crippen molar-refractivity contribution < 1.29 is 9.90 Å². The van der Waals surface area contributed by atoms with Gasteiger partial charge in [0.15, 0.2) is 0 Å². The lowest BCUT2D eigenvalue weighted by Gasteiger charge is -2.16. The highest BCUT2D eigenvalue weighted by Gasteiger charge is 2.18. The second-order valence-electron chi connectivity index (χ2n) is 4.61. The first-order valence-electron chi connectivity index (χ1n) is 6.35. The van der Waals surface area contributed by atoms with Gasteiger partial charge in [0.25, 0.3) is 5.91 Å². The fourth-order valence-corrected chi connectivity index (χ4v) is 2.05. The molecule has 1 heterocycles. The van der Waals surface area contributed by atoms with Crippen molar-refractivity contribution in [2.75, 3.05) is 12.3 Å². The minimum atomic E-state index is -0.362. The lowest BCUT2D eigenvalue weighted by Crippen LogP contribution is -2.40. The van der Waals surface area contributed by atoms with Gasteiger partial charge in [0, 0.05) is 7.05 Å². The number of nitrogens with two attached hydrogens (primary N) is 1. The molecule has 0 bridgehead atoms. The fourth-order valence-electron chi connectivity index (χ4n) is 2.05. The molecule has 0 spiro atoms. The van der Waals surface area contributed by atoms with Gasteiger partial charge in [0.05, 0.1) is 24.5 Å². The van der Waals surface area contributed by atoms with E-state index in [1.165, 1.54) is 10.9 Å². The van der Waals surface area contributed by atoms with Crippen LogP contribution in [0.1, 0.15) is 16.1 Å². The van der Waals surface area contributed by atoms with Crippen LogP contribution in [0, 0.1) is 0 Å². The highest BCUT2D eigenvalue weighted by molar-refractivity contribution is 5.97. The van der Waals surface area contributed by atoms with E-state index >= 15 is 0 Å². The highest BCUT2D eigenvalue weighted by Crippen LogP contribution is 2.10. The maximum atomic E-state index is 12.1. The van der Waals surface area contributed by atoms with Crippen LogP contribution in [0.3, 0.4) is 0 Å². The summed E-state index contributed by atoms with van der Waals surface area (Å²) in [6, 6.07) is 9.31. The molecule has 6 heteroatoms. The summed E-state index contributed by atoms with van der Waals surface area (Å²) in [5, 5.41) is 16.1. The smallest absolute Gasteiger partial charge is 0.271 e. The van der Waals surface area contributed by atoms with Gasteiger partial charge in [0.1, 0.15) is 5.69 Å². The summed E-state index contributed by atoms with van der Waals surface area (Å²) in [5.41, 5.74) is 7.37. The number of carbonyl (C=O) groups is 1. The summed E-state index contributed by atoms with van der Waals surface area (Å²) in [4.78, 5) is 12.1. The summed E-state index contributed by atoms with van der Waals surface area (Å²) in [6.45, 7) is -0.140. The van der Waals surface area contributed by atoms with Gasteiger partial charge in [-0.15, -0.1) is 0 Å². The van der Waals surface area contributed by atoms with Crippen molar-refractivity contribution in [3.05, 3.63) is 47.8 Å². The summed E-state index contributed by atoms with van der Waals surface area (Å²) >= 11 is 0. The first-order valence-corrected chi connectivity index (χ1v) is 6.35. The van der Waals surface area contributed by atoms with Gasteiger partial charge in [-0.2, -0.15) is 5.10 Å². The number of anilines is 1. The largest absolute Gasteiger partial charge is 0.396 e. The third-order valence-electron chi connectivity index (χ3n) is 3.06. The van der Waals surface area contributed by atoms with Crippen LogP contribution in [0.25, 0.3) is 0 Å². The number of aryl methyl sites for hydroxylation is 1. The molecule has 0 fully saturated rings. The van der Waals surface area contributed by atoms with Gasteiger partial charge in [-0.1, -0.05) is 30.3 Å². The predicted octanol–water partition coefficient (Wildman–Crippen LogP) is 0.336. The van der Waals surface area contributed by atoms with E-state index in [1.54, 1.807) is 7.05 Å². The van der Waals surface area contributed by atoms with Crippen LogP contribution in [0.2, 0.25) is 0 Å². The first-order chi connectivity index (χ1) is 9.61. The molecule has 0 saturated carbocycles. The molecular formula is C14H18N4O2. The molecule has 1 aromatic carbocycles. The second-order valence-corrected chi connectivity index (χ2v) is 4.61. The third-order valence-corrected chi connectivity index (χ3v) is 3.06. The Bertz CT molecular complexity index is 561. The van der Waals surface area contributed by atoms with Crippen LogP contribution in [0.5, 0.6) is 0 Å². The zero-order valence-corrected chi connectivity index (χ0v) is 11.3. The fraction of sp³-hybridized carbons (Fsp3) is 0.286. The van der Waals surface area contributed by atoms with Crippen LogP contribution in [-0.4, -0.2) is 33.4 Å². The van der Waals surface area contributed by atoms with Crippen LogP contribution in [0.4, 0.5) is 5.69 Å². The summed E-state index contributed by atoms with van der Waals surface area (Å²) < 4.78 is 1.42. The van der Waals surface area contributed by atoms with E-state index in [0.717, 1.165) is 5.56 Å². The third kappa shape index (κ3) is 3.16. The van der Waals surface area contributed by atoms with E-state index in [0.29, 0.717) is 17.8 Å². The Balaban J connectivity index is 2.05. The SMILES string of the molecule is Cn1ncc(N)c1C(=O)N[C@H](CO)Cc1ccccc1. The van der Waals surface area contributed by atoms with Crippen molar-refractivity contribution in [1.82, 2.24) is 15.1 Å². The van der Waals surface area contributed by atoms with Crippen LogP contribution in [0.15, 0.2) is 36.5 Å². The number of rotatable bonds is 5. The number of aliphatic hydroxyl groups is 1. The molecule has 0 aliphatic rings. The van der Waals surface area contributed by atoms with Crippen molar-refractivity contribution in [2.45, 2.75) is 12.5 Å². The second kappa shape index (κ2) is 6.21. The van der Waals surface area contributed by atoms with Gasteiger partial charge in [0.2, 0.25) is 0 Å². The van der Waals surface area contributed by atoms with E-state index in [-0.39, 0.29) is 18.6 Å². The number of carbonyl (C=O) groups excluding carboxylic acids is 1. The standard InChI is InChI=1S/C14H18N4O2/c1-18-13(12(15)8-16-18)14(20)17-11(9-19)7-10-5-3-2-4-6-10/h2-6,8,11,19H,7,9,15H2,1H3,(H,17,20)/t11-/m0/s1. The number of nitrogens with zero attached hydrogens (tertiary/aromatic N) is 2. The van der Waals surface area contributed by atoms with E-state index in [9.17, 15) is 9.90 Å². The molecule has 0 aliphatic heterocycles. The lowest BCUT2D eigenvalue weighted by atomic mass is 10.1. The molecule has 0 unspecified atom stereocenters. The summed E-state index contributed by atoms with van der Waals surface area (Å²) in [6.07, 6.45) is 1.99. The monoisotopic (exact) mass is 274 g/mol. The average Bonchev–Trinajstić information content (AvgIpc) is 2.78. The van der Waals surface area contributed by atoms with Crippen molar-refractivity contribution in [3.8, 4) is 0 Å². The number of benzene rings is 1. The molecule has 20 heavy (non-hydrogen) atoms. The van der Waals surface area contributed by atoms with Crippen molar-refractivity contribution in [2.24, 2.45) is 7.05 Å². The molecule has 1 amide bonds.